The molecule has 1 heterocycles. The fraction of sp³-hybridized carbons (Fsp3) is 0.800. The third-order valence-corrected chi connectivity index (χ3v) is 2.76. The molecule has 114 valence electrons. The number of piperidine rings is 1. The summed E-state index contributed by atoms with van der Waals surface area (Å²) in [6.45, 7) is 1.89. The summed E-state index contributed by atoms with van der Waals surface area (Å²) in [6, 6.07) is 0. The molecule has 20 heavy (non-hydrogen) atoms. The van der Waals surface area contributed by atoms with Gasteiger partial charge in [-0.25, -0.2) is 4.79 Å². The van der Waals surface area contributed by atoms with Gasteiger partial charge in [0.15, 0.2) is 0 Å². The maximum atomic E-state index is 11.6. The molecule has 0 amide bonds. The van der Waals surface area contributed by atoms with Crippen LogP contribution in [0.1, 0.15) is 19.8 Å². The van der Waals surface area contributed by atoms with Crippen molar-refractivity contribution >= 4 is 12.1 Å². The van der Waals surface area contributed by atoms with Crippen LogP contribution in [0.5, 0.6) is 0 Å². The number of carboxylic acid groups (broad SMARTS) is 1. The Balaban J connectivity index is 2.38. The van der Waals surface area contributed by atoms with Crippen LogP contribution in [0.2, 0.25) is 0 Å². The second-order valence-corrected chi connectivity index (χ2v) is 4.15. The summed E-state index contributed by atoms with van der Waals surface area (Å²) in [5.41, 5.74) is 0. The van der Waals surface area contributed by atoms with Crippen molar-refractivity contribution in [3.05, 3.63) is 5.21 Å². The van der Waals surface area contributed by atoms with Crippen LogP contribution in [-0.2, 0) is 19.1 Å². The summed E-state index contributed by atoms with van der Waals surface area (Å²) in [5.74, 6) is -1.31. The number of aliphatic carboxylic acids is 1. The molecule has 0 aromatic carbocycles. The molecular formula is C10H17N3O7. The molecule has 1 unspecified atom stereocenters. The van der Waals surface area contributed by atoms with E-state index in [9.17, 15) is 14.8 Å². The maximum Gasteiger partial charge on any atom is 0.511 e. The van der Waals surface area contributed by atoms with Gasteiger partial charge in [0.1, 0.15) is 0 Å². The van der Waals surface area contributed by atoms with E-state index in [0.717, 1.165) is 7.11 Å². The summed E-state index contributed by atoms with van der Waals surface area (Å²) in [7, 11) is 1.14. The van der Waals surface area contributed by atoms with E-state index in [1.54, 1.807) is 0 Å². The summed E-state index contributed by atoms with van der Waals surface area (Å²) in [5, 5.41) is 24.9. The van der Waals surface area contributed by atoms with Crippen molar-refractivity contribution < 1.29 is 34.0 Å². The van der Waals surface area contributed by atoms with Crippen LogP contribution in [-0.4, -0.2) is 53.7 Å². The van der Waals surface area contributed by atoms with Crippen LogP contribution in [0, 0.1) is 11.1 Å². The van der Waals surface area contributed by atoms with Gasteiger partial charge in [0.2, 0.25) is 5.28 Å². The highest BCUT2D eigenvalue weighted by molar-refractivity contribution is 5.70. The maximum absolute atomic E-state index is 11.6. The van der Waals surface area contributed by atoms with E-state index in [-0.39, 0.29) is 18.1 Å². The van der Waals surface area contributed by atoms with Gasteiger partial charge < -0.3 is 19.8 Å². The predicted octanol–water partition coefficient (Wildman–Crippen LogP) is 0.721. The average molecular weight is 291 g/mol. The molecule has 0 aliphatic carbocycles. The number of carbonyl (C=O) groups is 2. The Morgan fingerprint density at radius 1 is 1.45 bits per heavy atom. The number of hydrazine groups is 1. The van der Waals surface area contributed by atoms with Gasteiger partial charge in [-0.05, 0) is 12.8 Å². The number of hydrogen-bond acceptors (Lipinski definition) is 7. The molecule has 0 spiro atoms. The first-order valence-corrected chi connectivity index (χ1v) is 6.00. The zero-order valence-corrected chi connectivity index (χ0v) is 11.2. The van der Waals surface area contributed by atoms with Gasteiger partial charge in [-0.15, -0.1) is 5.01 Å². The van der Waals surface area contributed by atoms with E-state index in [1.807, 2.05) is 0 Å². The van der Waals surface area contributed by atoms with E-state index in [1.165, 1.54) is 11.9 Å². The molecule has 10 heteroatoms. The Labute approximate surface area is 115 Å². The number of ether oxygens (including phenoxy) is 2. The zero-order chi connectivity index (χ0) is 15.1. The van der Waals surface area contributed by atoms with Crippen molar-refractivity contribution in [3.8, 4) is 0 Å². The topological polar surface area (TPSA) is 124 Å². The molecule has 0 saturated carbocycles. The molecule has 1 N–H and O–H groups in total. The van der Waals surface area contributed by atoms with E-state index in [4.69, 9.17) is 5.11 Å². The van der Waals surface area contributed by atoms with Gasteiger partial charge in [0, 0.05) is 6.92 Å². The van der Waals surface area contributed by atoms with Crippen molar-refractivity contribution in [1.82, 2.24) is 5.01 Å². The normalized spacial score (nSPS) is 18.3. The van der Waals surface area contributed by atoms with Crippen molar-refractivity contribution in [3.63, 3.8) is 0 Å². The number of nitrogens with zero attached hydrogens (tertiary/aromatic N) is 3. The quantitative estimate of drug-likeness (QED) is 0.258. The van der Waals surface area contributed by atoms with E-state index in [2.05, 4.69) is 19.6 Å². The molecular weight excluding hydrogens is 274 g/mol. The van der Waals surface area contributed by atoms with Gasteiger partial charge in [-0.2, -0.15) is 0 Å². The minimum absolute atomic E-state index is 0.217. The monoisotopic (exact) mass is 291 g/mol. The number of methoxy groups -OCH3 is 1. The van der Waals surface area contributed by atoms with E-state index < -0.39 is 24.3 Å². The van der Waals surface area contributed by atoms with Gasteiger partial charge in [0.05, 0.1) is 31.1 Å². The highest BCUT2D eigenvalue weighted by Gasteiger charge is 2.28. The summed E-state index contributed by atoms with van der Waals surface area (Å²) >= 11 is 0. The smallest absolute Gasteiger partial charge is 0.511 e. The summed E-state index contributed by atoms with van der Waals surface area (Å²) in [4.78, 5) is 26.4. The van der Waals surface area contributed by atoms with E-state index in [0.29, 0.717) is 12.8 Å². The summed E-state index contributed by atoms with van der Waals surface area (Å²) in [6.07, 6.45) is -1.31. The zero-order valence-electron chi connectivity index (χ0n) is 11.2. The standard InChI is InChI=1S/C10H17N3O7/c1-7(19-10(16)18-2)20-11-13(17)12-5-3-8(4-6-12)9(14)15/h7-8H,3-6H2,1-2H3,(H,14,15). The first-order chi connectivity index (χ1) is 9.43. The lowest BCUT2D eigenvalue weighted by Crippen LogP contribution is -2.40. The second kappa shape index (κ2) is 7.36. The second-order valence-electron chi connectivity index (χ2n) is 4.15. The molecule has 10 nitrogen and oxygen atoms in total. The SMILES string of the molecule is COC(=O)OC(C)ON=[N+]([O-])N1CCC(C(=O)O)CC1. The van der Waals surface area contributed by atoms with Crippen molar-refractivity contribution in [2.75, 3.05) is 20.2 Å². The lowest BCUT2D eigenvalue weighted by atomic mass is 9.98. The molecule has 1 rings (SSSR count). The Hall–Kier alpha value is -2.26. The molecule has 0 bridgehead atoms. The predicted molar refractivity (Wildman–Crippen MR) is 62.0 cm³/mol. The highest BCUT2D eigenvalue weighted by Crippen LogP contribution is 2.17. The highest BCUT2D eigenvalue weighted by atomic mass is 16.8. The third kappa shape index (κ3) is 4.78. The van der Waals surface area contributed by atoms with Crippen LogP contribution in [0.3, 0.4) is 0 Å². The van der Waals surface area contributed by atoms with Crippen LogP contribution < -0.4 is 0 Å². The minimum atomic E-state index is -1.07. The third-order valence-electron chi connectivity index (χ3n) is 2.76. The Morgan fingerprint density at radius 3 is 2.55 bits per heavy atom. The molecule has 1 fully saturated rings. The average Bonchev–Trinajstić information content (AvgIpc) is 2.44. The number of carboxylic acids is 1. The van der Waals surface area contributed by atoms with Crippen LogP contribution in [0.15, 0.2) is 5.28 Å². The number of rotatable bonds is 5. The van der Waals surface area contributed by atoms with Gasteiger partial charge in [-0.1, -0.05) is 0 Å². The van der Waals surface area contributed by atoms with Crippen LogP contribution >= 0.6 is 0 Å². The number of carbonyl (C=O) groups excluding carboxylic acids is 1. The molecule has 0 radical (unpaired) electrons. The molecule has 1 aliphatic rings. The van der Waals surface area contributed by atoms with Crippen molar-refractivity contribution in [1.29, 1.82) is 0 Å². The molecule has 0 aromatic rings. The fourth-order valence-corrected chi connectivity index (χ4v) is 1.65. The first kappa shape index (κ1) is 15.8. The van der Waals surface area contributed by atoms with E-state index >= 15 is 0 Å². The largest absolute Gasteiger partial charge is 0.569 e. The Morgan fingerprint density at radius 2 is 2.05 bits per heavy atom. The van der Waals surface area contributed by atoms with Crippen molar-refractivity contribution in [2.24, 2.45) is 11.2 Å². The molecule has 0 aromatic heterocycles. The lowest BCUT2D eigenvalue weighted by Gasteiger charge is -2.25. The van der Waals surface area contributed by atoms with Gasteiger partial charge in [0.25, 0.3) is 6.29 Å². The summed E-state index contributed by atoms with van der Waals surface area (Å²) < 4.78 is 8.78. The van der Waals surface area contributed by atoms with Crippen LogP contribution in [0.25, 0.3) is 0 Å². The number of hydrogen-bond donors (Lipinski definition) is 1. The first-order valence-electron chi connectivity index (χ1n) is 6.00. The Kier molecular flexibility index (Phi) is 5.81. The molecule has 1 atom stereocenters. The van der Waals surface area contributed by atoms with Crippen LogP contribution in [0.4, 0.5) is 4.79 Å². The van der Waals surface area contributed by atoms with Gasteiger partial charge in [-0.3, -0.25) is 9.63 Å². The molecule has 1 aliphatic heterocycles. The van der Waals surface area contributed by atoms with Gasteiger partial charge >= 0.3 is 12.1 Å². The Bertz CT molecular complexity index is 379. The van der Waals surface area contributed by atoms with Crippen molar-refractivity contribution in [2.45, 2.75) is 26.1 Å². The minimum Gasteiger partial charge on any atom is -0.569 e. The lowest BCUT2D eigenvalue weighted by molar-refractivity contribution is -0.715. The molecule has 1 saturated heterocycles. The fourth-order valence-electron chi connectivity index (χ4n) is 1.65.